The van der Waals surface area contributed by atoms with Gasteiger partial charge in [0.05, 0.1) is 0 Å². The van der Waals surface area contributed by atoms with Crippen LogP contribution in [0.25, 0.3) is 0 Å². The van der Waals surface area contributed by atoms with Crippen molar-refractivity contribution < 1.29 is 23.5 Å². The number of carboxylic acid groups (broad SMARTS) is 1. The van der Waals surface area contributed by atoms with E-state index < -0.39 is 29.6 Å². The molecule has 0 aromatic heterocycles. The highest BCUT2D eigenvalue weighted by molar-refractivity contribution is 5.84. The minimum atomic E-state index is -1.06. The molecule has 0 spiro atoms. The normalized spacial score (nSPS) is 15.7. The van der Waals surface area contributed by atoms with Crippen LogP contribution in [0.4, 0.5) is 8.78 Å². The zero-order chi connectivity index (χ0) is 14.7. The number of hydrogen-bond donors (Lipinski definition) is 2. The summed E-state index contributed by atoms with van der Waals surface area (Å²) in [6, 6.07) is 2.91. The number of carbonyl (C=O) groups excluding carboxylic acids is 1. The van der Waals surface area contributed by atoms with Gasteiger partial charge in [0.1, 0.15) is 6.04 Å². The predicted octanol–water partition coefficient (Wildman–Crippen LogP) is 1.88. The van der Waals surface area contributed by atoms with Crippen molar-refractivity contribution in [2.45, 2.75) is 31.7 Å². The van der Waals surface area contributed by atoms with Crippen LogP contribution in [0.1, 0.15) is 24.8 Å². The third-order valence-electron chi connectivity index (χ3n) is 3.33. The second-order valence-electron chi connectivity index (χ2n) is 4.93. The summed E-state index contributed by atoms with van der Waals surface area (Å²) in [4.78, 5) is 22.6. The topological polar surface area (TPSA) is 66.4 Å². The Balaban J connectivity index is 1.88. The Labute approximate surface area is 114 Å². The highest BCUT2D eigenvalue weighted by Gasteiger charge is 2.37. The van der Waals surface area contributed by atoms with Gasteiger partial charge in [0.2, 0.25) is 5.91 Å². The Kier molecular flexibility index (Phi) is 4.32. The van der Waals surface area contributed by atoms with E-state index in [2.05, 4.69) is 5.32 Å². The minimum absolute atomic E-state index is 0.0117. The monoisotopic (exact) mass is 283 g/mol. The van der Waals surface area contributed by atoms with Crippen LogP contribution in [0, 0.1) is 17.6 Å². The van der Waals surface area contributed by atoms with E-state index in [-0.39, 0.29) is 24.3 Å². The number of nitrogens with one attached hydrogen (secondary N) is 1. The lowest BCUT2D eigenvalue weighted by atomic mass is 10.1. The molecule has 2 rings (SSSR count). The van der Waals surface area contributed by atoms with Crippen LogP contribution >= 0.6 is 0 Å². The van der Waals surface area contributed by atoms with Crippen molar-refractivity contribution in [2.24, 2.45) is 5.92 Å². The Morgan fingerprint density at radius 1 is 1.35 bits per heavy atom. The number of aryl methyl sites for hydroxylation is 1. The number of carboxylic acids is 1. The van der Waals surface area contributed by atoms with E-state index in [1.165, 1.54) is 12.1 Å². The summed E-state index contributed by atoms with van der Waals surface area (Å²) in [5, 5.41) is 11.4. The van der Waals surface area contributed by atoms with Gasteiger partial charge in [-0.1, -0.05) is 12.1 Å². The molecule has 6 heteroatoms. The summed E-state index contributed by atoms with van der Waals surface area (Å²) >= 11 is 0. The Hall–Kier alpha value is -1.98. The molecule has 0 radical (unpaired) electrons. The van der Waals surface area contributed by atoms with Gasteiger partial charge in [-0.3, -0.25) is 4.79 Å². The van der Waals surface area contributed by atoms with Crippen LogP contribution in [-0.4, -0.2) is 23.0 Å². The van der Waals surface area contributed by atoms with Gasteiger partial charge >= 0.3 is 5.97 Å². The fourth-order valence-corrected chi connectivity index (χ4v) is 2.05. The first-order valence-electron chi connectivity index (χ1n) is 6.44. The van der Waals surface area contributed by atoms with E-state index in [1.54, 1.807) is 0 Å². The molecule has 1 fully saturated rings. The van der Waals surface area contributed by atoms with Crippen LogP contribution in [0.2, 0.25) is 0 Å². The van der Waals surface area contributed by atoms with Crippen LogP contribution in [0.3, 0.4) is 0 Å². The fourth-order valence-electron chi connectivity index (χ4n) is 2.05. The molecule has 1 aromatic rings. The molecule has 0 aliphatic heterocycles. The predicted molar refractivity (Wildman–Crippen MR) is 67.0 cm³/mol. The van der Waals surface area contributed by atoms with Gasteiger partial charge in [-0.25, -0.2) is 13.6 Å². The zero-order valence-electron chi connectivity index (χ0n) is 10.7. The van der Waals surface area contributed by atoms with E-state index in [0.717, 1.165) is 18.9 Å². The molecule has 20 heavy (non-hydrogen) atoms. The molecule has 1 unspecified atom stereocenters. The Morgan fingerprint density at radius 2 is 2.05 bits per heavy atom. The number of carbonyl (C=O) groups is 2. The van der Waals surface area contributed by atoms with Gasteiger partial charge in [0.25, 0.3) is 0 Å². The maximum absolute atomic E-state index is 13.4. The van der Waals surface area contributed by atoms with E-state index in [9.17, 15) is 18.4 Å². The first-order valence-corrected chi connectivity index (χ1v) is 6.44. The standard InChI is InChI=1S/C14H15F2NO3/c15-10-3-1-2-8(12(10)16)6-7-11(18)17-13(14(19)20)9-4-5-9/h1-3,9,13H,4-7H2,(H,17,18)(H,19,20). The van der Waals surface area contributed by atoms with Crippen LogP contribution in [-0.2, 0) is 16.0 Å². The fraction of sp³-hybridized carbons (Fsp3) is 0.429. The lowest BCUT2D eigenvalue weighted by Crippen LogP contribution is -2.42. The maximum atomic E-state index is 13.4. The molecule has 1 saturated carbocycles. The quantitative estimate of drug-likeness (QED) is 0.837. The van der Waals surface area contributed by atoms with Crippen molar-refractivity contribution in [1.29, 1.82) is 0 Å². The van der Waals surface area contributed by atoms with Crippen molar-refractivity contribution in [1.82, 2.24) is 5.32 Å². The number of halogens is 2. The van der Waals surface area contributed by atoms with Crippen molar-refractivity contribution in [2.75, 3.05) is 0 Å². The van der Waals surface area contributed by atoms with E-state index in [4.69, 9.17) is 5.11 Å². The highest BCUT2D eigenvalue weighted by Crippen LogP contribution is 2.32. The molecule has 2 N–H and O–H groups in total. The summed E-state index contributed by atoms with van der Waals surface area (Å²) in [6.45, 7) is 0. The molecule has 1 aromatic carbocycles. The smallest absolute Gasteiger partial charge is 0.326 e. The number of aliphatic carboxylic acids is 1. The van der Waals surface area contributed by atoms with E-state index >= 15 is 0 Å². The van der Waals surface area contributed by atoms with Crippen molar-refractivity contribution >= 4 is 11.9 Å². The molecule has 1 atom stereocenters. The average molecular weight is 283 g/mol. The summed E-state index contributed by atoms with van der Waals surface area (Å²) in [6.07, 6.45) is 1.54. The third kappa shape index (κ3) is 3.53. The molecule has 108 valence electrons. The van der Waals surface area contributed by atoms with Gasteiger partial charge in [-0.15, -0.1) is 0 Å². The number of amides is 1. The third-order valence-corrected chi connectivity index (χ3v) is 3.33. The van der Waals surface area contributed by atoms with Gasteiger partial charge in [-0.2, -0.15) is 0 Å². The minimum Gasteiger partial charge on any atom is -0.480 e. The van der Waals surface area contributed by atoms with Gasteiger partial charge < -0.3 is 10.4 Å². The largest absolute Gasteiger partial charge is 0.480 e. The molecule has 1 aliphatic carbocycles. The second-order valence-corrected chi connectivity index (χ2v) is 4.93. The summed E-state index contributed by atoms with van der Waals surface area (Å²) in [5.41, 5.74) is 0.110. The SMILES string of the molecule is O=C(CCc1cccc(F)c1F)NC(C(=O)O)C1CC1. The van der Waals surface area contributed by atoms with Crippen LogP contribution in [0.15, 0.2) is 18.2 Å². The number of rotatable bonds is 6. The average Bonchev–Trinajstić information content (AvgIpc) is 3.21. The second kappa shape index (κ2) is 5.98. The summed E-state index contributed by atoms with van der Waals surface area (Å²) < 4.78 is 26.4. The molecule has 1 aliphatic rings. The Bertz CT molecular complexity index is 529. The van der Waals surface area contributed by atoms with Gasteiger partial charge in [0, 0.05) is 6.42 Å². The highest BCUT2D eigenvalue weighted by atomic mass is 19.2. The van der Waals surface area contributed by atoms with Crippen molar-refractivity contribution in [3.63, 3.8) is 0 Å². The molecular formula is C14H15F2NO3. The van der Waals surface area contributed by atoms with Gasteiger partial charge in [0.15, 0.2) is 11.6 Å². The maximum Gasteiger partial charge on any atom is 0.326 e. The van der Waals surface area contributed by atoms with E-state index in [1.807, 2.05) is 0 Å². The van der Waals surface area contributed by atoms with E-state index in [0.29, 0.717) is 0 Å². The zero-order valence-corrected chi connectivity index (χ0v) is 10.7. The lowest BCUT2D eigenvalue weighted by Gasteiger charge is -2.13. The first-order chi connectivity index (χ1) is 9.49. The van der Waals surface area contributed by atoms with Gasteiger partial charge in [-0.05, 0) is 36.8 Å². The molecule has 0 heterocycles. The molecule has 1 amide bonds. The molecule has 0 saturated heterocycles. The molecular weight excluding hydrogens is 268 g/mol. The van der Waals surface area contributed by atoms with Crippen molar-refractivity contribution in [3.8, 4) is 0 Å². The van der Waals surface area contributed by atoms with Crippen LogP contribution in [0.5, 0.6) is 0 Å². The molecule has 4 nitrogen and oxygen atoms in total. The Morgan fingerprint density at radius 3 is 2.65 bits per heavy atom. The number of benzene rings is 1. The number of hydrogen-bond acceptors (Lipinski definition) is 2. The summed E-state index contributed by atoms with van der Waals surface area (Å²) in [5.74, 6) is -3.45. The first kappa shape index (κ1) is 14.4. The van der Waals surface area contributed by atoms with Crippen LogP contribution < -0.4 is 5.32 Å². The van der Waals surface area contributed by atoms with Crippen molar-refractivity contribution in [3.05, 3.63) is 35.4 Å². The molecule has 0 bridgehead atoms. The summed E-state index contributed by atoms with van der Waals surface area (Å²) in [7, 11) is 0. The lowest BCUT2D eigenvalue weighted by molar-refractivity contribution is -0.142.